The van der Waals surface area contributed by atoms with Crippen molar-refractivity contribution in [2.45, 2.75) is 54.8 Å². The SMILES string of the molecule is COc1cc(C(=O)OC2C3C=COC(OC4OC(CO)C(O)C(O)C4O)C3C(O)(CO)C2O)ccc1O. The normalized spacial score (nSPS) is 41.1. The molecule has 37 heavy (non-hydrogen) atoms. The molecule has 2 aliphatic heterocycles. The molecule has 2 heterocycles. The van der Waals surface area contributed by atoms with E-state index in [1.165, 1.54) is 31.4 Å². The van der Waals surface area contributed by atoms with Crippen LogP contribution in [0.15, 0.2) is 30.5 Å². The van der Waals surface area contributed by atoms with E-state index in [1.807, 2.05) is 0 Å². The zero-order valence-corrected chi connectivity index (χ0v) is 19.6. The van der Waals surface area contributed by atoms with Crippen molar-refractivity contribution in [3.63, 3.8) is 0 Å². The molecule has 0 bridgehead atoms. The number of aromatic hydroxyl groups is 1. The first-order chi connectivity index (χ1) is 17.6. The van der Waals surface area contributed by atoms with Crippen LogP contribution in [0.5, 0.6) is 11.5 Å². The number of carbonyl (C=O) groups excluding carboxylic acids is 1. The van der Waals surface area contributed by atoms with Crippen molar-refractivity contribution in [1.82, 2.24) is 0 Å². The predicted molar refractivity (Wildman–Crippen MR) is 118 cm³/mol. The molecular weight excluding hydrogens is 500 g/mol. The molecule has 1 aromatic carbocycles. The van der Waals surface area contributed by atoms with Gasteiger partial charge in [-0.3, -0.25) is 0 Å². The van der Waals surface area contributed by atoms with Gasteiger partial charge in [-0.1, -0.05) is 0 Å². The average molecular weight is 530 g/mol. The summed E-state index contributed by atoms with van der Waals surface area (Å²) in [7, 11) is 1.29. The Morgan fingerprint density at radius 3 is 2.46 bits per heavy atom. The van der Waals surface area contributed by atoms with Gasteiger partial charge in [-0.25, -0.2) is 4.79 Å². The smallest absolute Gasteiger partial charge is 0.338 e. The molecule has 0 radical (unpaired) electrons. The van der Waals surface area contributed by atoms with Crippen LogP contribution in [0.25, 0.3) is 0 Å². The van der Waals surface area contributed by atoms with Gasteiger partial charge in [0.25, 0.3) is 0 Å². The van der Waals surface area contributed by atoms with E-state index < -0.39 is 85.8 Å². The summed E-state index contributed by atoms with van der Waals surface area (Å²) in [5.74, 6) is -3.36. The van der Waals surface area contributed by atoms with E-state index in [0.717, 1.165) is 6.26 Å². The Hall–Kier alpha value is -2.53. The van der Waals surface area contributed by atoms with Gasteiger partial charge in [0.2, 0.25) is 6.29 Å². The van der Waals surface area contributed by atoms with E-state index in [0.29, 0.717) is 0 Å². The quantitative estimate of drug-likeness (QED) is 0.164. The summed E-state index contributed by atoms with van der Waals surface area (Å²) in [4.78, 5) is 12.8. The zero-order valence-electron chi connectivity index (χ0n) is 19.6. The van der Waals surface area contributed by atoms with Crippen molar-refractivity contribution in [3.05, 3.63) is 36.1 Å². The van der Waals surface area contributed by atoms with Crippen LogP contribution in [0, 0.1) is 11.8 Å². The molecule has 206 valence electrons. The van der Waals surface area contributed by atoms with E-state index in [9.17, 15) is 45.6 Å². The zero-order chi connectivity index (χ0) is 27.1. The van der Waals surface area contributed by atoms with Crippen molar-refractivity contribution in [3.8, 4) is 11.5 Å². The van der Waals surface area contributed by atoms with Crippen LogP contribution in [0.3, 0.4) is 0 Å². The van der Waals surface area contributed by atoms with Crippen LogP contribution in [0.2, 0.25) is 0 Å². The number of phenolic OH excluding ortho intramolecular Hbond substituents is 1. The molecule has 11 unspecified atom stereocenters. The van der Waals surface area contributed by atoms with Crippen LogP contribution < -0.4 is 4.74 Å². The van der Waals surface area contributed by atoms with E-state index in [-0.39, 0.29) is 17.1 Å². The minimum Gasteiger partial charge on any atom is -0.504 e. The first-order valence-electron chi connectivity index (χ1n) is 11.4. The topological polar surface area (TPSA) is 225 Å². The van der Waals surface area contributed by atoms with Gasteiger partial charge in [-0.15, -0.1) is 0 Å². The Bertz CT molecular complexity index is 1000. The molecule has 14 heteroatoms. The third-order valence-electron chi connectivity index (χ3n) is 7.03. The summed E-state index contributed by atoms with van der Waals surface area (Å²) in [6.07, 6.45) is -10.2. The number of rotatable bonds is 7. The van der Waals surface area contributed by atoms with E-state index in [1.54, 1.807) is 0 Å². The molecular formula is C23H30O14. The number of aliphatic hydroxyl groups excluding tert-OH is 6. The fourth-order valence-electron chi connectivity index (χ4n) is 4.94. The lowest BCUT2D eigenvalue weighted by Gasteiger charge is -2.43. The van der Waals surface area contributed by atoms with Crippen LogP contribution in [0.1, 0.15) is 10.4 Å². The summed E-state index contributed by atoms with van der Waals surface area (Å²) >= 11 is 0. The van der Waals surface area contributed by atoms with Gasteiger partial charge in [0, 0.05) is 5.92 Å². The number of esters is 1. The average Bonchev–Trinajstić information content (AvgIpc) is 3.11. The molecule has 4 rings (SSSR count). The molecule has 0 amide bonds. The second-order valence-corrected chi connectivity index (χ2v) is 9.12. The van der Waals surface area contributed by atoms with Gasteiger partial charge in [-0.2, -0.15) is 0 Å². The number of aliphatic hydroxyl groups is 7. The second kappa shape index (κ2) is 10.7. The van der Waals surface area contributed by atoms with Crippen molar-refractivity contribution in [2.75, 3.05) is 20.3 Å². The fourth-order valence-corrected chi connectivity index (χ4v) is 4.94. The number of phenols is 1. The van der Waals surface area contributed by atoms with Gasteiger partial charge in [0.1, 0.15) is 42.2 Å². The number of hydrogen-bond donors (Lipinski definition) is 8. The van der Waals surface area contributed by atoms with Crippen molar-refractivity contribution < 1.29 is 69.3 Å². The monoisotopic (exact) mass is 530 g/mol. The molecule has 1 saturated heterocycles. The van der Waals surface area contributed by atoms with Crippen LogP contribution in [0.4, 0.5) is 0 Å². The van der Waals surface area contributed by atoms with E-state index in [4.69, 9.17) is 23.7 Å². The summed E-state index contributed by atoms with van der Waals surface area (Å²) in [5.41, 5.74) is -2.34. The largest absolute Gasteiger partial charge is 0.504 e. The highest BCUT2D eigenvalue weighted by Gasteiger charge is 2.65. The van der Waals surface area contributed by atoms with Gasteiger partial charge in [0.05, 0.1) is 38.1 Å². The lowest BCUT2D eigenvalue weighted by Crippen LogP contribution is -2.61. The summed E-state index contributed by atoms with van der Waals surface area (Å²) in [5, 5.41) is 81.7. The summed E-state index contributed by atoms with van der Waals surface area (Å²) < 4.78 is 26.9. The van der Waals surface area contributed by atoms with Crippen molar-refractivity contribution >= 4 is 5.97 Å². The Labute approximate surface area is 210 Å². The molecule has 2 fully saturated rings. The number of carbonyl (C=O) groups is 1. The maximum atomic E-state index is 12.8. The van der Waals surface area contributed by atoms with Gasteiger partial charge in [0.15, 0.2) is 17.8 Å². The first-order valence-corrected chi connectivity index (χ1v) is 11.4. The van der Waals surface area contributed by atoms with Crippen LogP contribution >= 0.6 is 0 Å². The molecule has 0 spiro atoms. The Morgan fingerprint density at radius 2 is 1.81 bits per heavy atom. The molecule has 3 aliphatic rings. The van der Waals surface area contributed by atoms with E-state index in [2.05, 4.69) is 0 Å². The molecule has 1 aromatic rings. The summed E-state index contributed by atoms with van der Waals surface area (Å²) in [6.45, 7) is -1.70. The number of fused-ring (bicyclic) bond motifs is 1. The predicted octanol–water partition coefficient (Wildman–Crippen LogP) is -3.06. The second-order valence-electron chi connectivity index (χ2n) is 9.12. The Kier molecular flexibility index (Phi) is 7.94. The molecule has 8 N–H and O–H groups in total. The van der Waals surface area contributed by atoms with Gasteiger partial charge < -0.3 is 64.5 Å². The number of ether oxygens (including phenoxy) is 5. The number of hydrogen-bond acceptors (Lipinski definition) is 14. The molecule has 11 atom stereocenters. The third-order valence-corrected chi connectivity index (χ3v) is 7.03. The van der Waals surface area contributed by atoms with Crippen LogP contribution in [-0.2, 0) is 18.9 Å². The van der Waals surface area contributed by atoms with Gasteiger partial charge >= 0.3 is 5.97 Å². The molecule has 14 nitrogen and oxygen atoms in total. The minimum absolute atomic E-state index is 0.00474. The highest BCUT2D eigenvalue weighted by atomic mass is 16.8. The Morgan fingerprint density at radius 1 is 1.08 bits per heavy atom. The van der Waals surface area contributed by atoms with Crippen molar-refractivity contribution in [1.29, 1.82) is 0 Å². The number of benzene rings is 1. The third kappa shape index (κ3) is 4.76. The molecule has 1 saturated carbocycles. The maximum absolute atomic E-state index is 12.8. The van der Waals surface area contributed by atoms with Gasteiger partial charge in [-0.05, 0) is 24.3 Å². The minimum atomic E-state index is -2.31. The standard InChI is InChI=1S/C23H30O14/c1-33-12-6-9(2-3-11(12)26)20(31)36-18-10-4-5-34-21(14(10)23(32,8-25)19(18)30)37-22-17(29)16(28)15(27)13(7-24)35-22/h2-6,10,13-19,21-22,24-30,32H,7-8H2,1H3. The number of methoxy groups -OCH3 is 1. The maximum Gasteiger partial charge on any atom is 0.338 e. The van der Waals surface area contributed by atoms with Crippen molar-refractivity contribution in [2.24, 2.45) is 11.8 Å². The highest BCUT2D eigenvalue weighted by molar-refractivity contribution is 5.90. The fraction of sp³-hybridized carbons (Fsp3) is 0.609. The Balaban J connectivity index is 1.57. The lowest BCUT2D eigenvalue weighted by atomic mass is 9.83. The molecule has 0 aromatic heterocycles. The first kappa shape index (κ1) is 27.5. The summed E-state index contributed by atoms with van der Waals surface area (Å²) in [6, 6.07) is 3.70. The van der Waals surface area contributed by atoms with E-state index >= 15 is 0 Å². The highest BCUT2D eigenvalue weighted by Crippen LogP contribution is 2.48. The molecule has 1 aliphatic carbocycles. The van der Waals surface area contributed by atoms with Crippen LogP contribution in [-0.4, -0.2) is 122 Å². The lowest BCUT2D eigenvalue weighted by molar-refractivity contribution is -0.348.